The highest BCUT2D eigenvalue weighted by Gasteiger charge is 2.09. The van der Waals surface area contributed by atoms with E-state index >= 15 is 0 Å². The number of hydrogen-bond acceptors (Lipinski definition) is 3. The van der Waals surface area contributed by atoms with Crippen LogP contribution >= 0.6 is 0 Å². The van der Waals surface area contributed by atoms with Crippen LogP contribution in [0.25, 0.3) is 0 Å². The Morgan fingerprint density at radius 1 is 1.40 bits per heavy atom. The van der Waals surface area contributed by atoms with Crippen molar-refractivity contribution >= 4 is 5.69 Å². The number of rotatable bonds is 3. The molecular weight excluding hydrogens is 188 g/mol. The van der Waals surface area contributed by atoms with E-state index < -0.39 is 0 Å². The minimum atomic E-state index is 0.459. The molecule has 15 heavy (non-hydrogen) atoms. The van der Waals surface area contributed by atoms with Gasteiger partial charge in [-0.2, -0.15) is 5.26 Å². The van der Waals surface area contributed by atoms with Crippen molar-refractivity contribution in [3.63, 3.8) is 0 Å². The summed E-state index contributed by atoms with van der Waals surface area (Å²) in [5.41, 5.74) is 2.01. The molecule has 3 heteroatoms. The van der Waals surface area contributed by atoms with Crippen molar-refractivity contribution in [2.75, 3.05) is 19.1 Å². The molecule has 0 radical (unpaired) electrons. The van der Waals surface area contributed by atoms with Crippen LogP contribution in [0.2, 0.25) is 0 Å². The van der Waals surface area contributed by atoms with Crippen molar-refractivity contribution in [3.8, 4) is 11.9 Å². The van der Waals surface area contributed by atoms with Crippen LogP contribution in [0.4, 0.5) is 5.69 Å². The van der Waals surface area contributed by atoms with Crippen molar-refractivity contribution in [2.24, 2.45) is 0 Å². The van der Waals surface area contributed by atoms with Gasteiger partial charge in [0.1, 0.15) is 5.75 Å². The maximum absolute atomic E-state index is 8.81. The quantitative estimate of drug-likeness (QED) is 0.561. The van der Waals surface area contributed by atoms with Crippen LogP contribution < -0.4 is 9.64 Å². The van der Waals surface area contributed by atoms with Crippen molar-refractivity contribution < 1.29 is 4.74 Å². The molecule has 0 heterocycles. The van der Waals surface area contributed by atoms with E-state index in [4.69, 9.17) is 10.00 Å². The Hall–Kier alpha value is -1.69. The predicted octanol–water partition coefficient (Wildman–Crippen LogP) is 2.74. The molecule has 0 unspecified atom stereocenters. The maximum Gasteiger partial charge on any atom is 0.184 e. The van der Waals surface area contributed by atoms with E-state index in [0.717, 1.165) is 11.4 Å². The first kappa shape index (κ1) is 11.4. The minimum absolute atomic E-state index is 0.459. The molecule has 0 N–H and O–H groups in total. The van der Waals surface area contributed by atoms with Crippen LogP contribution in [0.3, 0.4) is 0 Å². The Bertz CT molecular complexity index is 380. The third-order valence-electron chi connectivity index (χ3n) is 2.38. The smallest absolute Gasteiger partial charge is 0.184 e. The highest BCUT2D eigenvalue weighted by atomic mass is 16.5. The molecule has 0 fully saturated rings. The van der Waals surface area contributed by atoms with Gasteiger partial charge in [0.25, 0.3) is 0 Å². The van der Waals surface area contributed by atoms with Crippen LogP contribution in [0, 0.1) is 11.5 Å². The molecule has 0 amide bonds. The first-order valence-electron chi connectivity index (χ1n) is 4.91. The van der Waals surface area contributed by atoms with Crippen molar-refractivity contribution in [3.05, 3.63) is 23.8 Å². The first-order chi connectivity index (χ1) is 7.10. The number of benzene rings is 1. The van der Waals surface area contributed by atoms with Gasteiger partial charge in [-0.3, -0.25) is 4.90 Å². The zero-order valence-corrected chi connectivity index (χ0v) is 9.61. The van der Waals surface area contributed by atoms with Gasteiger partial charge in [-0.05, 0) is 23.6 Å². The molecule has 1 aromatic carbocycles. The number of ether oxygens (including phenoxy) is 1. The summed E-state index contributed by atoms with van der Waals surface area (Å²) in [7, 11) is 3.33. The molecular formula is C12H16N2O. The van der Waals surface area contributed by atoms with E-state index in [1.807, 2.05) is 18.2 Å². The Morgan fingerprint density at radius 3 is 2.53 bits per heavy atom. The van der Waals surface area contributed by atoms with E-state index in [-0.39, 0.29) is 0 Å². The van der Waals surface area contributed by atoms with E-state index in [0.29, 0.717) is 5.92 Å². The fraction of sp³-hybridized carbons (Fsp3) is 0.417. The van der Waals surface area contributed by atoms with Crippen molar-refractivity contribution in [2.45, 2.75) is 19.8 Å². The number of hydrogen-bond donors (Lipinski definition) is 0. The van der Waals surface area contributed by atoms with Gasteiger partial charge in [-0.15, -0.1) is 0 Å². The Morgan fingerprint density at radius 2 is 2.07 bits per heavy atom. The predicted molar refractivity (Wildman–Crippen MR) is 61.1 cm³/mol. The standard InChI is InChI=1S/C12H16N2O/c1-9(2)10-5-6-11(14(3)8-13)12(7-10)15-4/h5-7,9H,1-4H3. The average molecular weight is 204 g/mol. The third-order valence-corrected chi connectivity index (χ3v) is 2.38. The van der Waals surface area contributed by atoms with Gasteiger partial charge in [0.2, 0.25) is 0 Å². The molecule has 0 spiro atoms. The van der Waals surface area contributed by atoms with Gasteiger partial charge in [0.05, 0.1) is 12.8 Å². The number of nitriles is 1. The molecule has 0 aliphatic heterocycles. The average Bonchev–Trinajstić information content (AvgIpc) is 2.27. The van der Waals surface area contributed by atoms with Crippen LogP contribution in [0.1, 0.15) is 25.3 Å². The van der Waals surface area contributed by atoms with Crippen LogP contribution in [-0.4, -0.2) is 14.2 Å². The normalized spacial score (nSPS) is 9.87. The monoisotopic (exact) mass is 204 g/mol. The largest absolute Gasteiger partial charge is 0.495 e. The summed E-state index contributed by atoms with van der Waals surface area (Å²) >= 11 is 0. The summed E-state index contributed by atoms with van der Waals surface area (Å²) in [5.74, 6) is 1.20. The van der Waals surface area contributed by atoms with E-state index in [2.05, 4.69) is 20.0 Å². The molecule has 0 bridgehead atoms. The lowest BCUT2D eigenvalue weighted by molar-refractivity contribution is 0.415. The number of methoxy groups -OCH3 is 1. The lowest BCUT2D eigenvalue weighted by atomic mass is 10.0. The van der Waals surface area contributed by atoms with Gasteiger partial charge in [-0.1, -0.05) is 19.9 Å². The van der Waals surface area contributed by atoms with Gasteiger partial charge in [0, 0.05) is 7.05 Å². The summed E-state index contributed by atoms with van der Waals surface area (Å²) < 4.78 is 5.27. The minimum Gasteiger partial charge on any atom is -0.495 e. The van der Waals surface area contributed by atoms with Crippen LogP contribution in [0.15, 0.2) is 18.2 Å². The van der Waals surface area contributed by atoms with Crippen LogP contribution in [0.5, 0.6) is 5.75 Å². The highest BCUT2D eigenvalue weighted by molar-refractivity contribution is 5.61. The second-order valence-electron chi connectivity index (χ2n) is 3.75. The van der Waals surface area contributed by atoms with Gasteiger partial charge < -0.3 is 4.74 Å². The van der Waals surface area contributed by atoms with Crippen molar-refractivity contribution in [1.82, 2.24) is 0 Å². The number of nitrogens with zero attached hydrogens (tertiary/aromatic N) is 2. The fourth-order valence-corrected chi connectivity index (χ4v) is 1.38. The third kappa shape index (κ3) is 2.41. The zero-order chi connectivity index (χ0) is 11.4. The molecule has 0 saturated heterocycles. The first-order valence-corrected chi connectivity index (χ1v) is 4.91. The second kappa shape index (κ2) is 4.70. The van der Waals surface area contributed by atoms with E-state index in [1.54, 1.807) is 14.2 Å². The summed E-state index contributed by atoms with van der Waals surface area (Å²) in [6.45, 7) is 4.25. The van der Waals surface area contributed by atoms with E-state index in [9.17, 15) is 0 Å². The summed E-state index contributed by atoms with van der Waals surface area (Å²) in [6.07, 6.45) is 2.06. The topological polar surface area (TPSA) is 36.3 Å². The molecule has 0 aromatic heterocycles. The molecule has 0 aliphatic rings. The molecule has 0 atom stereocenters. The Kier molecular flexibility index (Phi) is 3.56. The fourth-order valence-electron chi connectivity index (χ4n) is 1.38. The van der Waals surface area contributed by atoms with Gasteiger partial charge in [-0.25, -0.2) is 0 Å². The van der Waals surface area contributed by atoms with Crippen LogP contribution in [-0.2, 0) is 0 Å². The molecule has 0 aliphatic carbocycles. The van der Waals surface area contributed by atoms with Crippen molar-refractivity contribution in [1.29, 1.82) is 5.26 Å². The summed E-state index contributed by atoms with van der Waals surface area (Å²) in [6, 6.07) is 5.92. The molecule has 1 aromatic rings. The van der Waals surface area contributed by atoms with Gasteiger partial charge in [0.15, 0.2) is 6.19 Å². The number of anilines is 1. The second-order valence-corrected chi connectivity index (χ2v) is 3.75. The Labute approximate surface area is 90.9 Å². The lowest BCUT2D eigenvalue weighted by Crippen LogP contribution is -2.09. The zero-order valence-electron chi connectivity index (χ0n) is 9.61. The molecule has 1 rings (SSSR count). The molecule has 0 saturated carbocycles. The maximum atomic E-state index is 8.81. The van der Waals surface area contributed by atoms with Gasteiger partial charge >= 0.3 is 0 Å². The SMILES string of the molecule is COc1cc(C(C)C)ccc1N(C)C#N. The van der Waals surface area contributed by atoms with E-state index in [1.165, 1.54) is 10.5 Å². The Balaban J connectivity index is 3.16. The lowest BCUT2D eigenvalue weighted by Gasteiger charge is -2.15. The summed E-state index contributed by atoms with van der Waals surface area (Å²) in [4.78, 5) is 1.49. The highest BCUT2D eigenvalue weighted by Crippen LogP contribution is 2.30. The molecule has 3 nitrogen and oxygen atoms in total. The molecule has 80 valence electrons. The summed E-state index contributed by atoms with van der Waals surface area (Å²) in [5, 5.41) is 8.81.